The second-order valence-corrected chi connectivity index (χ2v) is 6.20. The second kappa shape index (κ2) is 6.95. The summed E-state index contributed by atoms with van der Waals surface area (Å²) in [4.78, 5) is 12.5. The van der Waals surface area contributed by atoms with E-state index < -0.39 is 6.04 Å². The van der Waals surface area contributed by atoms with Gasteiger partial charge in [0.2, 0.25) is 5.91 Å². The Morgan fingerprint density at radius 1 is 1.39 bits per heavy atom. The van der Waals surface area contributed by atoms with Crippen LogP contribution >= 0.6 is 0 Å². The summed E-state index contributed by atoms with van der Waals surface area (Å²) < 4.78 is 1.68. The van der Waals surface area contributed by atoms with Gasteiger partial charge in [0.15, 0.2) is 5.82 Å². The molecule has 3 rings (SSSR count). The number of rotatable bonds is 5. The van der Waals surface area contributed by atoms with Crippen LogP contribution in [-0.4, -0.2) is 32.9 Å². The van der Waals surface area contributed by atoms with Gasteiger partial charge in [0.1, 0.15) is 6.04 Å². The number of aromatic amines is 1. The van der Waals surface area contributed by atoms with E-state index in [0.717, 1.165) is 11.3 Å². The van der Waals surface area contributed by atoms with Crippen LogP contribution in [-0.2, 0) is 11.8 Å². The van der Waals surface area contributed by atoms with Gasteiger partial charge in [0.25, 0.3) is 0 Å². The first kappa shape index (κ1) is 15.7. The second-order valence-electron chi connectivity index (χ2n) is 6.20. The molecule has 3 N–H and O–H groups in total. The van der Waals surface area contributed by atoms with Gasteiger partial charge in [-0.2, -0.15) is 10.2 Å². The quantitative estimate of drug-likeness (QED) is 0.788. The molecule has 7 nitrogen and oxygen atoms in total. The maximum Gasteiger partial charge on any atom is 0.247 e. The van der Waals surface area contributed by atoms with Gasteiger partial charge in [0.05, 0.1) is 6.20 Å². The molecule has 1 aliphatic carbocycles. The number of aromatic nitrogens is 4. The number of hydrogen-bond donors (Lipinski definition) is 3. The molecule has 2 aromatic rings. The van der Waals surface area contributed by atoms with Crippen molar-refractivity contribution in [3.8, 4) is 0 Å². The number of amides is 1. The number of aryl methyl sites for hydroxylation is 1. The molecule has 124 valence electrons. The highest BCUT2D eigenvalue weighted by molar-refractivity contribution is 5.94. The van der Waals surface area contributed by atoms with E-state index in [1.165, 1.54) is 32.1 Å². The first-order valence-corrected chi connectivity index (χ1v) is 8.19. The fourth-order valence-electron chi connectivity index (χ4n) is 3.26. The molecule has 1 amide bonds. The van der Waals surface area contributed by atoms with Crippen LogP contribution in [0, 0.1) is 0 Å². The zero-order chi connectivity index (χ0) is 16.2. The Morgan fingerprint density at radius 3 is 2.83 bits per heavy atom. The first-order valence-electron chi connectivity index (χ1n) is 8.19. The summed E-state index contributed by atoms with van der Waals surface area (Å²) in [5.41, 5.74) is 1.96. The van der Waals surface area contributed by atoms with Crippen molar-refractivity contribution in [2.45, 2.75) is 44.1 Å². The van der Waals surface area contributed by atoms with Crippen molar-refractivity contribution < 1.29 is 4.79 Å². The molecular weight excluding hydrogens is 292 g/mol. The smallest absolute Gasteiger partial charge is 0.247 e. The molecule has 7 heteroatoms. The molecule has 0 aromatic carbocycles. The lowest BCUT2D eigenvalue weighted by atomic mass is 9.87. The number of nitrogens with zero attached hydrogens (tertiary/aromatic N) is 3. The number of hydrogen-bond acceptors (Lipinski definition) is 4. The third-order valence-corrected chi connectivity index (χ3v) is 4.50. The number of H-pyrrole nitrogens is 1. The minimum absolute atomic E-state index is 0.137. The van der Waals surface area contributed by atoms with E-state index in [2.05, 4.69) is 25.9 Å². The zero-order valence-electron chi connectivity index (χ0n) is 13.7. The van der Waals surface area contributed by atoms with Gasteiger partial charge in [-0.05, 0) is 19.9 Å². The Kier molecular flexibility index (Phi) is 4.76. The summed E-state index contributed by atoms with van der Waals surface area (Å²) in [7, 11) is 3.59. The van der Waals surface area contributed by atoms with Crippen molar-refractivity contribution in [3.05, 3.63) is 29.7 Å². The summed E-state index contributed by atoms with van der Waals surface area (Å²) in [6.07, 6.45) is 9.79. The number of likely N-dealkylation sites (N-methyl/N-ethyl adjacent to an activating group) is 1. The minimum atomic E-state index is -0.446. The monoisotopic (exact) mass is 316 g/mol. The van der Waals surface area contributed by atoms with Gasteiger partial charge < -0.3 is 10.6 Å². The van der Waals surface area contributed by atoms with E-state index in [1.54, 1.807) is 17.9 Å². The molecule has 0 saturated heterocycles. The summed E-state index contributed by atoms with van der Waals surface area (Å²) in [6.45, 7) is 0. The Labute approximate surface area is 135 Å². The lowest BCUT2D eigenvalue weighted by Gasteiger charge is -2.19. The van der Waals surface area contributed by atoms with E-state index in [9.17, 15) is 4.79 Å². The third kappa shape index (κ3) is 3.61. The molecule has 2 aromatic heterocycles. The Balaban J connectivity index is 1.66. The standard InChI is InChI=1S/C16H24N6O/c1-17-15(12-9-18-22(2)10-12)16(23)19-14-8-13(20-21-14)11-6-4-3-5-7-11/h8-11,15,17H,3-7H2,1-2H3,(H2,19,20,21,23). The van der Waals surface area contributed by atoms with Crippen molar-refractivity contribution in [1.82, 2.24) is 25.3 Å². The maximum absolute atomic E-state index is 12.5. The summed E-state index contributed by atoms with van der Waals surface area (Å²) >= 11 is 0. The number of anilines is 1. The lowest BCUT2D eigenvalue weighted by molar-refractivity contribution is -0.118. The normalized spacial score (nSPS) is 17.1. The highest BCUT2D eigenvalue weighted by Crippen LogP contribution is 2.32. The van der Waals surface area contributed by atoms with Gasteiger partial charge in [-0.1, -0.05) is 19.3 Å². The molecule has 0 aliphatic heterocycles. The largest absolute Gasteiger partial charge is 0.308 e. The Morgan fingerprint density at radius 2 is 2.17 bits per heavy atom. The average molecular weight is 316 g/mol. The molecule has 1 atom stereocenters. The van der Waals surface area contributed by atoms with Crippen LogP contribution < -0.4 is 10.6 Å². The maximum atomic E-state index is 12.5. The van der Waals surface area contributed by atoms with Crippen molar-refractivity contribution in [2.24, 2.45) is 7.05 Å². The molecule has 1 fully saturated rings. The minimum Gasteiger partial charge on any atom is -0.308 e. The predicted octanol–water partition coefficient (Wildman–Crippen LogP) is 2.09. The van der Waals surface area contributed by atoms with Crippen LogP contribution in [0.5, 0.6) is 0 Å². The van der Waals surface area contributed by atoms with Crippen molar-refractivity contribution >= 4 is 11.7 Å². The number of carbonyl (C=O) groups excluding carboxylic acids is 1. The average Bonchev–Trinajstić information content (AvgIpc) is 3.18. The van der Waals surface area contributed by atoms with E-state index >= 15 is 0 Å². The van der Waals surface area contributed by atoms with Crippen molar-refractivity contribution in [1.29, 1.82) is 0 Å². The molecule has 1 unspecified atom stereocenters. The van der Waals surface area contributed by atoms with E-state index in [1.807, 2.05) is 19.3 Å². The molecular formula is C16H24N6O. The van der Waals surface area contributed by atoms with Crippen LogP contribution in [0.2, 0.25) is 0 Å². The molecule has 0 spiro atoms. The van der Waals surface area contributed by atoms with Crippen LogP contribution in [0.4, 0.5) is 5.82 Å². The van der Waals surface area contributed by atoms with Gasteiger partial charge in [-0.15, -0.1) is 0 Å². The van der Waals surface area contributed by atoms with Crippen LogP contribution in [0.25, 0.3) is 0 Å². The van der Waals surface area contributed by atoms with E-state index in [-0.39, 0.29) is 5.91 Å². The van der Waals surface area contributed by atoms with E-state index in [4.69, 9.17) is 0 Å². The van der Waals surface area contributed by atoms with Gasteiger partial charge in [-0.25, -0.2) is 0 Å². The molecule has 23 heavy (non-hydrogen) atoms. The molecule has 0 bridgehead atoms. The van der Waals surface area contributed by atoms with Gasteiger partial charge in [0, 0.05) is 36.5 Å². The van der Waals surface area contributed by atoms with Crippen molar-refractivity contribution in [3.63, 3.8) is 0 Å². The molecule has 0 radical (unpaired) electrons. The highest BCUT2D eigenvalue weighted by Gasteiger charge is 2.22. The number of carbonyl (C=O) groups is 1. The van der Waals surface area contributed by atoms with E-state index in [0.29, 0.717) is 11.7 Å². The Bertz CT molecular complexity index is 655. The fourth-order valence-corrected chi connectivity index (χ4v) is 3.26. The van der Waals surface area contributed by atoms with Crippen LogP contribution in [0.3, 0.4) is 0 Å². The topological polar surface area (TPSA) is 87.6 Å². The fraction of sp³-hybridized carbons (Fsp3) is 0.562. The number of nitrogens with one attached hydrogen (secondary N) is 3. The molecule has 1 aliphatic rings. The van der Waals surface area contributed by atoms with Gasteiger partial charge >= 0.3 is 0 Å². The highest BCUT2D eigenvalue weighted by atomic mass is 16.2. The van der Waals surface area contributed by atoms with Gasteiger partial charge in [-0.3, -0.25) is 14.6 Å². The summed E-state index contributed by atoms with van der Waals surface area (Å²) in [5.74, 6) is 0.988. The SMILES string of the molecule is CNC(C(=O)Nc1cc(C2CCCCC2)[nH]n1)c1cnn(C)c1. The first-order chi connectivity index (χ1) is 11.2. The van der Waals surface area contributed by atoms with Crippen LogP contribution in [0.15, 0.2) is 18.5 Å². The molecule has 1 saturated carbocycles. The summed E-state index contributed by atoms with van der Waals surface area (Å²) in [6, 6.07) is 1.52. The molecule has 2 heterocycles. The zero-order valence-corrected chi connectivity index (χ0v) is 13.7. The van der Waals surface area contributed by atoms with Crippen LogP contribution in [0.1, 0.15) is 55.3 Å². The lowest BCUT2D eigenvalue weighted by Crippen LogP contribution is -2.30. The predicted molar refractivity (Wildman–Crippen MR) is 88.1 cm³/mol. The van der Waals surface area contributed by atoms with Crippen molar-refractivity contribution in [2.75, 3.05) is 12.4 Å². The third-order valence-electron chi connectivity index (χ3n) is 4.50. The Hall–Kier alpha value is -2.15. The summed E-state index contributed by atoms with van der Waals surface area (Å²) in [5, 5.41) is 17.3.